The van der Waals surface area contributed by atoms with E-state index >= 15 is 0 Å². The predicted molar refractivity (Wildman–Crippen MR) is 92.6 cm³/mol. The molecule has 9 heteroatoms. The third kappa shape index (κ3) is 5.23. The lowest BCUT2D eigenvalue weighted by Crippen LogP contribution is -2.47. The Balaban J connectivity index is 2.04. The van der Waals surface area contributed by atoms with Gasteiger partial charge >= 0.3 is 6.03 Å². The summed E-state index contributed by atoms with van der Waals surface area (Å²) in [5.74, 6) is 1.23. The number of carbonyl (C=O) groups excluding carboxylic acids is 1. The van der Waals surface area contributed by atoms with E-state index in [2.05, 4.69) is 5.32 Å². The number of hydrogen-bond donors (Lipinski definition) is 2. The van der Waals surface area contributed by atoms with E-state index in [0.717, 1.165) is 5.56 Å². The Morgan fingerprint density at radius 3 is 2.40 bits per heavy atom. The SMILES string of the molecule is COc1cc(CNC(=O)N(CCO)C2CCS(=O)(=O)C2)cc(OC)c1. The molecule has 0 bridgehead atoms. The maximum Gasteiger partial charge on any atom is 0.318 e. The van der Waals surface area contributed by atoms with Gasteiger partial charge < -0.3 is 24.8 Å². The van der Waals surface area contributed by atoms with Crippen molar-refractivity contribution in [3.8, 4) is 11.5 Å². The van der Waals surface area contributed by atoms with Crippen LogP contribution in [0.25, 0.3) is 0 Å². The minimum absolute atomic E-state index is 0.0621. The first-order valence-electron chi connectivity index (χ1n) is 7.96. The van der Waals surface area contributed by atoms with Crippen molar-refractivity contribution in [2.24, 2.45) is 0 Å². The number of amides is 2. The third-order valence-electron chi connectivity index (χ3n) is 4.11. The molecule has 8 nitrogen and oxygen atoms in total. The van der Waals surface area contributed by atoms with Crippen molar-refractivity contribution in [3.05, 3.63) is 23.8 Å². The van der Waals surface area contributed by atoms with Crippen molar-refractivity contribution in [3.63, 3.8) is 0 Å². The molecule has 2 amide bonds. The molecule has 1 fully saturated rings. The average Bonchev–Trinajstić information content (AvgIpc) is 2.96. The highest BCUT2D eigenvalue weighted by Gasteiger charge is 2.34. The molecule has 0 saturated carbocycles. The summed E-state index contributed by atoms with van der Waals surface area (Å²) >= 11 is 0. The number of ether oxygens (including phenoxy) is 2. The first-order chi connectivity index (χ1) is 11.9. The summed E-state index contributed by atoms with van der Waals surface area (Å²) in [7, 11) is -0.0292. The van der Waals surface area contributed by atoms with Crippen molar-refractivity contribution in [2.75, 3.05) is 38.9 Å². The number of benzene rings is 1. The molecule has 1 saturated heterocycles. The average molecular weight is 372 g/mol. The molecule has 1 aromatic carbocycles. The van der Waals surface area contributed by atoms with E-state index in [0.29, 0.717) is 17.9 Å². The number of nitrogens with one attached hydrogen (secondary N) is 1. The second-order valence-corrected chi connectivity index (χ2v) is 8.08. The molecule has 0 radical (unpaired) electrons. The van der Waals surface area contributed by atoms with E-state index in [1.54, 1.807) is 32.4 Å². The van der Waals surface area contributed by atoms with Crippen LogP contribution in [0.1, 0.15) is 12.0 Å². The van der Waals surface area contributed by atoms with Crippen molar-refractivity contribution >= 4 is 15.9 Å². The van der Waals surface area contributed by atoms with Crippen LogP contribution in [-0.2, 0) is 16.4 Å². The largest absolute Gasteiger partial charge is 0.497 e. The number of carbonyl (C=O) groups is 1. The van der Waals surface area contributed by atoms with Gasteiger partial charge in [0.25, 0.3) is 0 Å². The Bertz CT molecular complexity index is 684. The lowest BCUT2D eigenvalue weighted by Gasteiger charge is -2.27. The zero-order valence-electron chi connectivity index (χ0n) is 14.4. The van der Waals surface area contributed by atoms with E-state index in [9.17, 15) is 18.3 Å². The van der Waals surface area contributed by atoms with E-state index in [1.165, 1.54) is 4.90 Å². The summed E-state index contributed by atoms with van der Waals surface area (Å²) in [5, 5.41) is 12.0. The fraction of sp³-hybridized carbons (Fsp3) is 0.562. The maximum absolute atomic E-state index is 12.5. The highest BCUT2D eigenvalue weighted by molar-refractivity contribution is 7.91. The van der Waals surface area contributed by atoms with Gasteiger partial charge in [-0.05, 0) is 24.1 Å². The van der Waals surface area contributed by atoms with Gasteiger partial charge in [0, 0.05) is 25.2 Å². The normalized spacial score (nSPS) is 18.6. The molecule has 2 rings (SSSR count). The van der Waals surface area contributed by atoms with Crippen LogP contribution < -0.4 is 14.8 Å². The second-order valence-electron chi connectivity index (χ2n) is 5.85. The van der Waals surface area contributed by atoms with Crippen molar-refractivity contribution in [2.45, 2.75) is 19.0 Å². The number of hydrogen-bond acceptors (Lipinski definition) is 6. The standard InChI is InChI=1S/C16H24N2O6S/c1-23-14-7-12(8-15(9-14)24-2)10-17-16(20)18(4-5-19)13-3-6-25(21,22)11-13/h7-9,13,19H,3-6,10-11H2,1-2H3,(H,17,20). The van der Waals surface area contributed by atoms with Crippen LogP contribution in [0.3, 0.4) is 0 Å². The molecular weight excluding hydrogens is 348 g/mol. The van der Waals surface area contributed by atoms with Gasteiger partial charge in [0.2, 0.25) is 0 Å². The van der Waals surface area contributed by atoms with Gasteiger partial charge in [0.1, 0.15) is 11.5 Å². The molecule has 1 unspecified atom stereocenters. The van der Waals surface area contributed by atoms with Gasteiger partial charge in [-0.2, -0.15) is 0 Å². The molecule has 0 aliphatic carbocycles. The molecule has 1 aromatic rings. The molecule has 1 aliphatic heterocycles. The van der Waals surface area contributed by atoms with Gasteiger partial charge in [0.05, 0.1) is 32.3 Å². The summed E-state index contributed by atoms with van der Waals surface area (Å²) in [6, 6.07) is 4.47. The van der Waals surface area contributed by atoms with Gasteiger partial charge in [-0.25, -0.2) is 13.2 Å². The van der Waals surface area contributed by atoms with Crippen LogP contribution in [0, 0.1) is 0 Å². The Hall–Kier alpha value is -2.00. The fourth-order valence-electron chi connectivity index (χ4n) is 2.83. The van der Waals surface area contributed by atoms with Crippen LogP contribution in [0.5, 0.6) is 11.5 Å². The number of urea groups is 1. The summed E-state index contributed by atoms with van der Waals surface area (Å²) in [5.41, 5.74) is 0.785. The molecule has 2 N–H and O–H groups in total. The molecule has 140 valence electrons. The Morgan fingerprint density at radius 2 is 1.92 bits per heavy atom. The van der Waals surface area contributed by atoms with Crippen LogP contribution in [0.2, 0.25) is 0 Å². The van der Waals surface area contributed by atoms with E-state index in [4.69, 9.17) is 9.47 Å². The maximum atomic E-state index is 12.5. The van der Waals surface area contributed by atoms with Gasteiger partial charge in [0.15, 0.2) is 9.84 Å². The Morgan fingerprint density at radius 1 is 1.28 bits per heavy atom. The number of sulfone groups is 1. The van der Waals surface area contributed by atoms with E-state index < -0.39 is 21.9 Å². The van der Waals surface area contributed by atoms with E-state index in [1.807, 2.05) is 0 Å². The smallest absolute Gasteiger partial charge is 0.318 e. The summed E-state index contributed by atoms with van der Waals surface area (Å²) in [4.78, 5) is 13.9. The quantitative estimate of drug-likeness (QED) is 0.718. The molecular formula is C16H24N2O6S. The molecule has 25 heavy (non-hydrogen) atoms. The monoisotopic (exact) mass is 372 g/mol. The van der Waals surface area contributed by atoms with Gasteiger partial charge in [-0.15, -0.1) is 0 Å². The zero-order chi connectivity index (χ0) is 18.4. The lowest BCUT2D eigenvalue weighted by molar-refractivity contribution is 0.157. The Labute approximate surface area is 147 Å². The van der Waals surface area contributed by atoms with Crippen LogP contribution in [0.15, 0.2) is 18.2 Å². The lowest BCUT2D eigenvalue weighted by atomic mass is 10.2. The topological polar surface area (TPSA) is 105 Å². The number of methoxy groups -OCH3 is 2. The van der Waals surface area contributed by atoms with Crippen LogP contribution in [-0.4, -0.2) is 69.4 Å². The highest BCUT2D eigenvalue weighted by atomic mass is 32.2. The van der Waals surface area contributed by atoms with Crippen molar-refractivity contribution < 1.29 is 27.8 Å². The minimum atomic E-state index is -3.11. The number of nitrogens with zero attached hydrogens (tertiary/aromatic N) is 1. The first kappa shape index (κ1) is 19.3. The first-order valence-corrected chi connectivity index (χ1v) is 9.78. The fourth-order valence-corrected chi connectivity index (χ4v) is 4.56. The molecule has 0 aromatic heterocycles. The summed E-state index contributed by atoms with van der Waals surface area (Å²) in [6.07, 6.45) is 0.392. The Kier molecular flexibility index (Phi) is 6.49. The molecule has 0 spiro atoms. The van der Waals surface area contributed by atoms with Crippen molar-refractivity contribution in [1.82, 2.24) is 10.2 Å². The highest BCUT2D eigenvalue weighted by Crippen LogP contribution is 2.22. The number of aliphatic hydroxyl groups excluding tert-OH is 1. The van der Waals surface area contributed by atoms with Gasteiger partial charge in [-0.3, -0.25) is 0 Å². The number of aliphatic hydroxyl groups is 1. The third-order valence-corrected chi connectivity index (χ3v) is 5.86. The summed E-state index contributed by atoms with van der Waals surface area (Å²) in [6.45, 7) is 0.0954. The zero-order valence-corrected chi connectivity index (χ0v) is 15.2. The van der Waals surface area contributed by atoms with Gasteiger partial charge in [-0.1, -0.05) is 0 Å². The number of rotatable bonds is 7. The van der Waals surface area contributed by atoms with E-state index in [-0.39, 0.29) is 31.2 Å². The minimum Gasteiger partial charge on any atom is -0.497 e. The molecule has 1 heterocycles. The van der Waals surface area contributed by atoms with Crippen molar-refractivity contribution in [1.29, 1.82) is 0 Å². The second kappa shape index (κ2) is 8.39. The molecule has 1 atom stereocenters. The molecule has 1 aliphatic rings. The predicted octanol–water partition coefficient (Wildman–Crippen LogP) is 0.395. The van der Waals surface area contributed by atoms with Crippen LogP contribution in [0.4, 0.5) is 4.79 Å². The summed E-state index contributed by atoms with van der Waals surface area (Å²) < 4.78 is 33.7. The van der Waals surface area contributed by atoms with Crippen LogP contribution >= 0.6 is 0 Å².